The second kappa shape index (κ2) is 6.72. The Morgan fingerprint density at radius 1 is 1.50 bits per heavy atom. The number of rotatable bonds is 6. The zero-order valence-electron chi connectivity index (χ0n) is 10.1. The van der Waals surface area contributed by atoms with E-state index in [0.29, 0.717) is 18.7 Å². The average Bonchev–Trinajstić information content (AvgIpc) is 2.35. The number of hydrogen-bond donors (Lipinski definition) is 1. The highest BCUT2D eigenvalue weighted by atomic mass is 19.1. The predicted octanol–water partition coefficient (Wildman–Crippen LogP) is 2.19. The molecule has 0 spiro atoms. The molecular weight excluding hydrogens is 235 g/mol. The highest BCUT2D eigenvalue weighted by molar-refractivity contribution is 5.66. The monoisotopic (exact) mass is 250 g/mol. The van der Waals surface area contributed by atoms with Gasteiger partial charge in [0.25, 0.3) is 0 Å². The SMILES string of the molecule is CCN(CCC(=O)O)C(C#N)c1ccc(F)cc1. The van der Waals surface area contributed by atoms with E-state index in [4.69, 9.17) is 5.11 Å². The second-order valence-corrected chi connectivity index (χ2v) is 3.86. The third-order valence-electron chi connectivity index (χ3n) is 2.69. The van der Waals surface area contributed by atoms with E-state index in [1.807, 2.05) is 6.92 Å². The summed E-state index contributed by atoms with van der Waals surface area (Å²) < 4.78 is 12.8. The Balaban J connectivity index is 2.83. The van der Waals surface area contributed by atoms with Crippen LogP contribution in [0.5, 0.6) is 0 Å². The first kappa shape index (κ1) is 14.1. The summed E-state index contributed by atoms with van der Waals surface area (Å²) in [4.78, 5) is 12.3. The topological polar surface area (TPSA) is 64.3 Å². The summed E-state index contributed by atoms with van der Waals surface area (Å²) in [7, 11) is 0. The van der Waals surface area contributed by atoms with Gasteiger partial charge in [-0.2, -0.15) is 5.26 Å². The number of nitrogens with zero attached hydrogens (tertiary/aromatic N) is 2. The molecule has 1 rings (SSSR count). The number of benzene rings is 1. The third kappa shape index (κ3) is 3.82. The van der Waals surface area contributed by atoms with Gasteiger partial charge in [0.1, 0.15) is 11.9 Å². The van der Waals surface area contributed by atoms with E-state index in [9.17, 15) is 14.4 Å². The molecule has 1 unspecified atom stereocenters. The van der Waals surface area contributed by atoms with Gasteiger partial charge in [0, 0.05) is 6.54 Å². The Labute approximate surface area is 105 Å². The molecule has 0 amide bonds. The molecule has 0 heterocycles. The van der Waals surface area contributed by atoms with E-state index < -0.39 is 12.0 Å². The van der Waals surface area contributed by atoms with Crippen molar-refractivity contribution in [2.75, 3.05) is 13.1 Å². The van der Waals surface area contributed by atoms with Gasteiger partial charge in [-0.05, 0) is 24.2 Å². The summed E-state index contributed by atoms with van der Waals surface area (Å²) >= 11 is 0. The van der Waals surface area contributed by atoms with Gasteiger partial charge in [0.2, 0.25) is 0 Å². The van der Waals surface area contributed by atoms with Crippen LogP contribution in [0.25, 0.3) is 0 Å². The van der Waals surface area contributed by atoms with Crippen molar-refractivity contribution in [1.82, 2.24) is 4.90 Å². The van der Waals surface area contributed by atoms with Gasteiger partial charge >= 0.3 is 5.97 Å². The highest BCUT2D eigenvalue weighted by Crippen LogP contribution is 2.20. The fourth-order valence-corrected chi connectivity index (χ4v) is 1.72. The van der Waals surface area contributed by atoms with Crippen LogP contribution in [0.1, 0.15) is 24.9 Å². The van der Waals surface area contributed by atoms with Crippen LogP contribution < -0.4 is 0 Å². The molecular formula is C13H15FN2O2. The average molecular weight is 250 g/mol. The lowest BCUT2D eigenvalue weighted by atomic mass is 10.1. The molecule has 0 fully saturated rings. The first-order chi connectivity index (χ1) is 8.58. The zero-order valence-corrected chi connectivity index (χ0v) is 10.1. The Hall–Kier alpha value is -1.93. The Bertz CT molecular complexity index is 439. The van der Waals surface area contributed by atoms with Crippen LogP contribution in [0.4, 0.5) is 4.39 Å². The maximum Gasteiger partial charge on any atom is 0.304 e. The number of halogens is 1. The standard InChI is InChI=1S/C13H15FN2O2/c1-2-16(8-7-13(17)18)12(9-15)10-3-5-11(14)6-4-10/h3-6,12H,2,7-8H2,1H3,(H,17,18). The summed E-state index contributed by atoms with van der Waals surface area (Å²) in [6.07, 6.45) is -0.0206. The molecule has 18 heavy (non-hydrogen) atoms. The van der Waals surface area contributed by atoms with E-state index in [2.05, 4.69) is 6.07 Å². The van der Waals surface area contributed by atoms with Gasteiger partial charge in [-0.1, -0.05) is 19.1 Å². The van der Waals surface area contributed by atoms with E-state index in [1.54, 1.807) is 17.0 Å². The van der Waals surface area contributed by atoms with E-state index >= 15 is 0 Å². The van der Waals surface area contributed by atoms with Crippen molar-refractivity contribution in [2.24, 2.45) is 0 Å². The first-order valence-corrected chi connectivity index (χ1v) is 5.69. The highest BCUT2D eigenvalue weighted by Gasteiger charge is 2.19. The molecule has 96 valence electrons. The Morgan fingerprint density at radius 2 is 2.11 bits per heavy atom. The van der Waals surface area contributed by atoms with E-state index in [-0.39, 0.29) is 12.2 Å². The molecule has 1 aromatic carbocycles. The van der Waals surface area contributed by atoms with Crippen LogP contribution in [0.3, 0.4) is 0 Å². The van der Waals surface area contributed by atoms with E-state index in [0.717, 1.165) is 0 Å². The van der Waals surface area contributed by atoms with Crippen LogP contribution in [-0.4, -0.2) is 29.1 Å². The van der Waals surface area contributed by atoms with Crippen molar-refractivity contribution in [2.45, 2.75) is 19.4 Å². The Morgan fingerprint density at radius 3 is 2.56 bits per heavy atom. The fourth-order valence-electron chi connectivity index (χ4n) is 1.72. The van der Waals surface area contributed by atoms with Gasteiger partial charge in [0.05, 0.1) is 12.5 Å². The molecule has 1 N–H and O–H groups in total. The molecule has 0 saturated carbocycles. The van der Waals surface area contributed by atoms with Gasteiger partial charge in [-0.3, -0.25) is 9.69 Å². The maximum absolute atomic E-state index is 12.8. The minimum atomic E-state index is -0.899. The van der Waals surface area contributed by atoms with Gasteiger partial charge in [-0.15, -0.1) is 0 Å². The number of carboxylic acids is 1. The quantitative estimate of drug-likeness (QED) is 0.840. The summed E-state index contributed by atoms with van der Waals surface area (Å²) in [5, 5.41) is 17.8. The van der Waals surface area contributed by atoms with Crippen molar-refractivity contribution >= 4 is 5.97 Å². The molecule has 0 radical (unpaired) electrons. The third-order valence-corrected chi connectivity index (χ3v) is 2.69. The van der Waals surface area contributed by atoms with Crippen LogP contribution in [0, 0.1) is 17.1 Å². The minimum Gasteiger partial charge on any atom is -0.481 e. The summed E-state index contributed by atoms with van der Waals surface area (Å²) in [5.41, 5.74) is 0.672. The number of carbonyl (C=O) groups is 1. The fraction of sp³-hybridized carbons (Fsp3) is 0.385. The van der Waals surface area contributed by atoms with Crippen molar-refractivity contribution in [3.8, 4) is 6.07 Å². The summed E-state index contributed by atoms with van der Waals surface area (Å²) in [5.74, 6) is -1.26. The minimum absolute atomic E-state index is 0.0206. The van der Waals surface area contributed by atoms with Gasteiger partial charge in [0.15, 0.2) is 0 Å². The molecule has 0 saturated heterocycles. The largest absolute Gasteiger partial charge is 0.481 e. The predicted molar refractivity (Wildman–Crippen MR) is 64.3 cm³/mol. The van der Waals surface area contributed by atoms with Crippen molar-refractivity contribution in [3.05, 3.63) is 35.6 Å². The van der Waals surface area contributed by atoms with Gasteiger partial charge in [-0.25, -0.2) is 4.39 Å². The van der Waals surface area contributed by atoms with Crippen molar-refractivity contribution < 1.29 is 14.3 Å². The summed E-state index contributed by atoms with van der Waals surface area (Å²) in [6, 6.07) is 7.27. The van der Waals surface area contributed by atoms with Crippen molar-refractivity contribution in [3.63, 3.8) is 0 Å². The van der Waals surface area contributed by atoms with Crippen LogP contribution in [0.15, 0.2) is 24.3 Å². The molecule has 1 atom stereocenters. The lowest BCUT2D eigenvalue weighted by molar-refractivity contribution is -0.137. The second-order valence-electron chi connectivity index (χ2n) is 3.86. The van der Waals surface area contributed by atoms with E-state index in [1.165, 1.54) is 12.1 Å². The summed E-state index contributed by atoms with van der Waals surface area (Å²) in [6.45, 7) is 2.71. The molecule has 5 heteroatoms. The van der Waals surface area contributed by atoms with Crippen LogP contribution in [0.2, 0.25) is 0 Å². The van der Waals surface area contributed by atoms with Gasteiger partial charge < -0.3 is 5.11 Å². The normalized spacial score (nSPS) is 12.1. The lowest BCUT2D eigenvalue weighted by Gasteiger charge is -2.25. The molecule has 1 aromatic rings. The molecule has 0 bridgehead atoms. The van der Waals surface area contributed by atoms with Crippen LogP contribution >= 0.6 is 0 Å². The Kier molecular flexibility index (Phi) is 5.28. The number of hydrogen-bond acceptors (Lipinski definition) is 3. The molecule has 0 aliphatic carbocycles. The maximum atomic E-state index is 12.8. The number of aliphatic carboxylic acids is 1. The molecule has 0 aromatic heterocycles. The number of nitriles is 1. The van der Waals surface area contributed by atoms with Crippen molar-refractivity contribution in [1.29, 1.82) is 5.26 Å². The smallest absolute Gasteiger partial charge is 0.304 e. The first-order valence-electron chi connectivity index (χ1n) is 5.69. The van der Waals surface area contributed by atoms with Crippen LogP contribution in [-0.2, 0) is 4.79 Å². The molecule has 0 aliphatic heterocycles. The number of carboxylic acid groups (broad SMARTS) is 1. The lowest BCUT2D eigenvalue weighted by Crippen LogP contribution is -2.30. The molecule has 4 nitrogen and oxygen atoms in total. The zero-order chi connectivity index (χ0) is 13.5. The molecule has 0 aliphatic rings.